The molecule has 0 spiro atoms. The number of esters is 1. The summed E-state index contributed by atoms with van der Waals surface area (Å²) < 4.78 is 10.9. The van der Waals surface area contributed by atoms with E-state index in [1.807, 2.05) is 32.9 Å². The van der Waals surface area contributed by atoms with E-state index in [-0.39, 0.29) is 13.2 Å². The molecule has 31 heavy (non-hydrogen) atoms. The number of carbonyl (C=O) groups is 2. The van der Waals surface area contributed by atoms with E-state index in [0.717, 1.165) is 22.4 Å². The second-order valence-electron chi connectivity index (χ2n) is 7.16. The van der Waals surface area contributed by atoms with E-state index in [0.29, 0.717) is 26.4 Å². The highest BCUT2D eigenvalue weighted by Crippen LogP contribution is 2.23. The van der Waals surface area contributed by atoms with Crippen LogP contribution < -0.4 is 10.1 Å². The van der Waals surface area contributed by atoms with Gasteiger partial charge in [0.15, 0.2) is 6.61 Å². The highest BCUT2D eigenvalue weighted by atomic mass is 35.5. The number of aryl methyl sites for hydroxylation is 4. The second kappa shape index (κ2) is 9.94. The first-order chi connectivity index (χ1) is 14.7. The fourth-order valence-corrected chi connectivity index (χ4v) is 4.13. The molecule has 1 heterocycles. The van der Waals surface area contributed by atoms with Gasteiger partial charge in [-0.15, -0.1) is 11.3 Å². The van der Waals surface area contributed by atoms with Gasteiger partial charge in [0.25, 0.3) is 5.91 Å². The van der Waals surface area contributed by atoms with Crippen molar-refractivity contribution < 1.29 is 19.1 Å². The Labute approximate surface area is 190 Å². The summed E-state index contributed by atoms with van der Waals surface area (Å²) in [7, 11) is 0. The van der Waals surface area contributed by atoms with Gasteiger partial charge in [-0.2, -0.15) is 0 Å². The smallest absolute Gasteiger partial charge is 0.350 e. The van der Waals surface area contributed by atoms with Crippen LogP contribution in [0.5, 0.6) is 5.75 Å². The molecule has 0 atom stereocenters. The largest absolute Gasteiger partial charge is 0.486 e. The predicted octanol–water partition coefficient (Wildman–Crippen LogP) is 5.40. The van der Waals surface area contributed by atoms with Crippen LogP contribution in [0.2, 0.25) is 5.02 Å². The van der Waals surface area contributed by atoms with E-state index in [4.69, 9.17) is 21.1 Å². The predicted molar refractivity (Wildman–Crippen MR) is 122 cm³/mol. The Morgan fingerprint density at radius 1 is 1.06 bits per heavy atom. The van der Waals surface area contributed by atoms with Gasteiger partial charge in [0.1, 0.15) is 22.2 Å². The Bertz CT molecular complexity index is 1090. The molecule has 6 nitrogen and oxygen atoms in total. The van der Waals surface area contributed by atoms with Crippen molar-refractivity contribution in [3.8, 4) is 5.75 Å². The summed E-state index contributed by atoms with van der Waals surface area (Å²) in [6.45, 7) is 7.41. The first-order valence-corrected chi connectivity index (χ1v) is 10.8. The van der Waals surface area contributed by atoms with Crippen LogP contribution in [0.15, 0.2) is 36.4 Å². The molecule has 2 aromatic carbocycles. The van der Waals surface area contributed by atoms with Gasteiger partial charge in [0.05, 0.1) is 5.69 Å². The van der Waals surface area contributed by atoms with Gasteiger partial charge < -0.3 is 14.8 Å². The van der Waals surface area contributed by atoms with E-state index in [1.165, 1.54) is 11.3 Å². The topological polar surface area (TPSA) is 77.5 Å². The van der Waals surface area contributed by atoms with Crippen molar-refractivity contribution in [1.82, 2.24) is 4.98 Å². The molecular weight excluding hydrogens is 436 g/mol. The molecule has 1 amide bonds. The lowest BCUT2D eigenvalue weighted by atomic mass is 10.1. The van der Waals surface area contributed by atoms with Gasteiger partial charge in [0, 0.05) is 10.7 Å². The Balaban J connectivity index is 1.55. The number of hydrogen-bond donors (Lipinski definition) is 1. The van der Waals surface area contributed by atoms with Crippen molar-refractivity contribution >= 4 is 40.5 Å². The number of benzene rings is 2. The van der Waals surface area contributed by atoms with Crippen LogP contribution in [0.25, 0.3) is 0 Å². The zero-order valence-corrected chi connectivity index (χ0v) is 19.3. The molecule has 0 aliphatic carbocycles. The molecule has 3 rings (SSSR count). The number of hydrogen-bond acceptors (Lipinski definition) is 6. The summed E-state index contributed by atoms with van der Waals surface area (Å²) in [5, 5.41) is 4.08. The minimum absolute atomic E-state index is 0.215. The normalized spacial score (nSPS) is 10.6. The SMILES string of the molecule is Cc1cc(C)c(NC(=O)COC(=O)c2sc(COc3ccc(Cl)cc3)nc2C)c(C)c1. The Morgan fingerprint density at radius 3 is 2.35 bits per heavy atom. The molecular formula is C23H23ClN2O4S. The minimum atomic E-state index is -0.583. The molecule has 0 saturated carbocycles. The van der Waals surface area contributed by atoms with Crippen molar-refractivity contribution in [1.29, 1.82) is 0 Å². The number of halogens is 1. The minimum Gasteiger partial charge on any atom is -0.486 e. The summed E-state index contributed by atoms with van der Waals surface area (Å²) >= 11 is 7.04. The first-order valence-electron chi connectivity index (χ1n) is 9.62. The van der Waals surface area contributed by atoms with Crippen LogP contribution in [0.3, 0.4) is 0 Å². The molecule has 8 heteroatoms. The van der Waals surface area contributed by atoms with Crippen LogP contribution >= 0.6 is 22.9 Å². The lowest BCUT2D eigenvalue weighted by molar-refractivity contribution is -0.119. The summed E-state index contributed by atoms with van der Waals surface area (Å²) in [6, 6.07) is 11.0. The van der Waals surface area contributed by atoms with Gasteiger partial charge in [0.2, 0.25) is 0 Å². The maximum absolute atomic E-state index is 12.4. The number of amides is 1. The highest BCUT2D eigenvalue weighted by Gasteiger charge is 2.19. The quantitative estimate of drug-likeness (QED) is 0.479. The van der Waals surface area contributed by atoms with Gasteiger partial charge in [-0.25, -0.2) is 9.78 Å². The molecule has 162 valence electrons. The number of carbonyl (C=O) groups excluding carboxylic acids is 2. The molecule has 0 saturated heterocycles. The molecule has 0 aliphatic rings. The standard InChI is InChI=1S/C23H23ClN2O4S/c1-13-9-14(2)21(15(3)10-13)26-19(27)11-30-23(28)22-16(4)25-20(31-22)12-29-18-7-5-17(24)6-8-18/h5-10H,11-12H2,1-4H3,(H,26,27). The van der Waals surface area contributed by atoms with Crippen LogP contribution in [-0.4, -0.2) is 23.5 Å². The zero-order valence-electron chi connectivity index (χ0n) is 17.7. The monoisotopic (exact) mass is 458 g/mol. The maximum atomic E-state index is 12.4. The first kappa shape index (κ1) is 22.8. The highest BCUT2D eigenvalue weighted by molar-refractivity contribution is 7.13. The number of thiazole rings is 1. The van der Waals surface area contributed by atoms with Crippen LogP contribution in [0, 0.1) is 27.7 Å². The third kappa shape index (κ3) is 6.06. The van der Waals surface area contributed by atoms with Gasteiger partial charge in [-0.05, 0) is 63.1 Å². The van der Waals surface area contributed by atoms with Gasteiger partial charge in [-0.3, -0.25) is 4.79 Å². The average molecular weight is 459 g/mol. The average Bonchev–Trinajstić information content (AvgIpc) is 3.09. The number of nitrogens with zero attached hydrogens (tertiary/aromatic N) is 1. The van der Waals surface area contributed by atoms with Crippen molar-refractivity contribution in [3.63, 3.8) is 0 Å². The Hall–Kier alpha value is -2.90. The number of aromatic nitrogens is 1. The summed E-state index contributed by atoms with van der Waals surface area (Å²) in [4.78, 5) is 29.4. The van der Waals surface area contributed by atoms with E-state index in [2.05, 4.69) is 10.3 Å². The number of anilines is 1. The lowest BCUT2D eigenvalue weighted by Crippen LogP contribution is -2.21. The molecule has 1 aromatic heterocycles. The second-order valence-corrected chi connectivity index (χ2v) is 8.68. The Kier molecular flexibility index (Phi) is 7.30. The van der Waals surface area contributed by atoms with E-state index in [1.54, 1.807) is 31.2 Å². The van der Waals surface area contributed by atoms with Crippen molar-refractivity contribution in [2.75, 3.05) is 11.9 Å². The number of nitrogens with one attached hydrogen (secondary N) is 1. The fourth-order valence-electron chi connectivity index (χ4n) is 3.13. The fraction of sp³-hybridized carbons (Fsp3) is 0.261. The zero-order chi connectivity index (χ0) is 22.5. The van der Waals surface area contributed by atoms with Crippen molar-refractivity contribution in [3.05, 3.63) is 73.7 Å². The van der Waals surface area contributed by atoms with Crippen molar-refractivity contribution in [2.45, 2.75) is 34.3 Å². The molecule has 0 fully saturated rings. The molecule has 1 N–H and O–H groups in total. The summed E-state index contributed by atoms with van der Waals surface area (Å²) in [5.74, 6) is -0.322. The summed E-state index contributed by atoms with van der Waals surface area (Å²) in [6.07, 6.45) is 0. The maximum Gasteiger partial charge on any atom is 0.350 e. The van der Waals surface area contributed by atoms with E-state index < -0.39 is 11.9 Å². The lowest BCUT2D eigenvalue weighted by Gasteiger charge is -2.12. The Morgan fingerprint density at radius 2 is 1.71 bits per heavy atom. The van der Waals surface area contributed by atoms with Crippen LogP contribution in [-0.2, 0) is 16.1 Å². The number of ether oxygens (including phenoxy) is 2. The third-order valence-corrected chi connectivity index (χ3v) is 5.84. The van der Waals surface area contributed by atoms with Crippen LogP contribution in [0.1, 0.15) is 37.1 Å². The van der Waals surface area contributed by atoms with Crippen molar-refractivity contribution in [2.24, 2.45) is 0 Å². The molecule has 0 unspecified atom stereocenters. The molecule has 0 bridgehead atoms. The summed E-state index contributed by atoms with van der Waals surface area (Å²) in [5.41, 5.74) is 4.31. The van der Waals surface area contributed by atoms with Crippen LogP contribution in [0.4, 0.5) is 5.69 Å². The van der Waals surface area contributed by atoms with Gasteiger partial charge in [-0.1, -0.05) is 29.3 Å². The third-order valence-electron chi connectivity index (χ3n) is 4.48. The van der Waals surface area contributed by atoms with E-state index >= 15 is 0 Å². The van der Waals surface area contributed by atoms with Gasteiger partial charge >= 0.3 is 5.97 Å². The van der Waals surface area contributed by atoms with E-state index in [9.17, 15) is 9.59 Å². The molecule has 0 radical (unpaired) electrons. The molecule has 0 aliphatic heterocycles. The molecule has 3 aromatic rings. The number of rotatable bonds is 7.